The summed E-state index contributed by atoms with van der Waals surface area (Å²) in [5.74, 6) is -4.47. The molecule has 5 heteroatoms. The standard InChI is InChI=1S/C18H13F3O2/c1-23-18(22)11-6-5-10-3-2-4-12(14(10)9-11)13-7-8-15(19)17(21)16(13)20/h4-9H,2-3H2,1H3. The Bertz CT molecular complexity index is 825. The Hall–Kier alpha value is -2.56. The SMILES string of the molecule is COC(=O)c1ccc2c(c1)C(c1ccc(F)c(F)c1F)=CCC2. The van der Waals surface area contributed by atoms with Gasteiger partial charge in [-0.2, -0.15) is 0 Å². The van der Waals surface area contributed by atoms with Crippen molar-refractivity contribution in [1.29, 1.82) is 0 Å². The number of carbonyl (C=O) groups is 1. The molecule has 0 unspecified atom stereocenters. The van der Waals surface area contributed by atoms with Crippen molar-refractivity contribution < 1.29 is 22.7 Å². The molecule has 0 N–H and O–H groups in total. The van der Waals surface area contributed by atoms with Gasteiger partial charge in [0.2, 0.25) is 0 Å². The van der Waals surface area contributed by atoms with E-state index in [1.54, 1.807) is 24.3 Å². The van der Waals surface area contributed by atoms with E-state index in [-0.39, 0.29) is 5.56 Å². The fourth-order valence-corrected chi connectivity index (χ4v) is 2.76. The van der Waals surface area contributed by atoms with E-state index in [1.165, 1.54) is 13.2 Å². The number of methoxy groups -OCH3 is 1. The van der Waals surface area contributed by atoms with Crippen molar-refractivity contribution in [2.24, 2.45) is 0 Å². The summed E-state index contributed by atoms with van der Waals surface area (Å²) in [6.07, 6.45) is 3.14. The number of rotatable bonds is 2. The molecule has 2 aromatic carbocycles. The van der Waals surface area contributed by atoms with Gasteiger partial charge in [-0.1, -0.05) is 12.1 Å². The first kappa shape index (κ1) is 15.3. The smallest absolute Gasteiger partial charge is 0.337 e. The minimum Gasteiger partial charge on any atom is -0.465 e. The highest BCUT2D eigenvalue weighted by molar-refractivity contribution is 5.92. The molecule has 2 aromatic rings. The summed E-state index contributed by atoms with van der Waals surface area (Å²) >= 11 is 0. The maximum Gasteiger partial charge on any atom is 0.337 e. The third kappa shape index (κ3) is 2.63. The summed E-state index contributed by atoms with van der Waals surface area (Å²) in [7, 11) is 1.27. The molecule has 118 valence electrons. The molecular formula is C18H13F3O2. The maximum absolute atomic E-state index is 14.1. The lowest BCUT2D eigenvalue weighted by molar-refractivity contribution is 0.0600. The average molecular weight is 318 g/mol. The van der Waals surface area contributed by atoms with Crippen molar-refractivity contribution in [3.05, 3.63) is 76.1 Å². The predicted molar refractivity (Wildman–Crippen MR) is 79.5 cm³/mol. The molecule has 0 atom stereocenters. The maximum atomic E-state index is 14.1. The Morgan fingerprint density at radius 2 is 1.83 bits per heavy atom. The van der Waals surface area contributed by atoms with Gasteiger partial charge in [0.25, 0.3) is 0 Å². The number of ether oxygens (including phenoxy) is 1. The monoisotopic (exact) mass is 318 g/mol. The number of halogens is 3. The molecule has 0 fully saturated rings. The van der Waals surface area contributed by atoms with E-state index < -0.39 is 23.4 Å². The third-order valence-electron chi connectivity index (χ3n) is 3.91. The van der Waals surface area contributed by atoms with Gasteiger partial charge in [-0.15, -0.1) is 0 Å². The largest absolute Gasteiger partial charge is 0.465 e. The van der Waals surface area contributed by atoms with Crippen LogP contribution in [-0.2, 0) is 11.2 Å². The van der Waals surface area contributed by atoms with Crippen molar-refractivity contribution in [2.45, 2.75) is 12.8 Å². The second kappa shape index (κ2) is 5.91. The number of benzene rings is 2. The molecule has 0 radical (unpaired) electrons. The van der Waals surface area contributed by atoms with Crippen LogP contribution in [0.4, 0.5) is 13.2 Å². The lowest BCUT2D eigenvalue weighted by Gasteiger charge is -2.19. The second-order valence-electron chi connectivity index (χ2n) is 5.24. The number of carbonyl (C=O) groups excluding carboxylic acids is 1. The highest BCUT2D eigenvalue weighted by Crippen LogP contribution is 2.34. The van der Waals surface area contributed by atoms with E-state index in [1.807, 2.05) is 0 Å². The van der Waals surface area contributed by atoms with Crippen LogP contribution < -0.4 is 0 Å². The van der Waals surface area contributed by atoms with Gasteiger partial charge in [0.1, 0.15) is 0 Å². The van der Waals surface area contributed by atoms with Crippen LogP contribution >= 0.6 is 0 Å². The first-order chi connectivity index (χ1) is 11.0. The minimum absolute atomic E-state index is 0.0214. The quantitative estimate of drug-likeness (QED) is 0.610. The zero-order chi connectivity index (χ0) is 16.6. The van der Waals surface area contributed by atoms with Gasteiger partial charge < -0.3 is 4.74 Å². The van der Waals surface area contributed by atoms with Crippen LogP contribution in [0, 0.1) is 17.5 Å². The molecule has 23 heavy (non-hydrogen) atoms. The zero-order valence-electron chi connectivity index (χ0n) is 12.3. The second-order valence-corrected chi connectivity index (χ2v) is 5.24. The summed E-state index contributed by atoms with van der Waals surface area (Å²) in [5.41, 5.74) is 2.30. The Morgan fingerprint density at radius 3 is 2.57 bits per heavy atom. The van der Waals surface area contributed by atoms with E-state index in [2.05, 4.69) is 4.74 Å². The highest BCUT2D eigenvalue weighted by atomic mass is 19.2. The minimum atomic E-state index is -1.50. The first-order valence-corrected chi connectivity index (χ1v) is 7.08. The Morgan fingerprint density at radius 1 is 1.04 bits per heavy atom. The molecular weight excluding hydrogens is 305 g/mol. The summed E-state index contributed by atoms with van der Waals surface area (Å²) in [6.45, 7) is 0. The van der Waals surface area contributed by atoms with Crippen LogP contribution in [-0.4, -0.2) is 13.1 Å². The van der Waals surface area contributed by atoms with Gasteiger partial charge in [0, 0.05) is 5.56 Å². The Kier molecular flexibility index (Phi) is 3.94. The lowest BCUT2D eigenvalue weighted by Crippen LogP contribution is -2.08. The van der Waals surface area contributed by atoms with Gasteiger partial charge in [-0.3, -0.25) is 0 Å². The molecule has 0 bridgehead atoms. The molecule has 0 saturated heterocycles. The fourth-order valence-electron chi connectivity index (χ4n) is 2.76. The molecule has 0 heterocycles. The fraction of sp³-hybridized carbons (Fsp3) is 0.167. The van der Waals surface area contributed by atoms with Crippen LogP contribution in [0.15, 0.2) is 36.4 Å². The summed E-state index contributed by atoms with van der Waals surface area (Å²) in [5, 5.41) is 0. The number of esters is 1. The summed E-state index contributed by atoms with van der Waals surface area (Å²) in [6, 6.07) is 7.10. The van der Waals surface area contributed by atoms with Crippen LogP contribution in [0.25, 0.3) is 5.57 Å². The molecule has 0 aromatic heterocycles. The van der Waals surface area contributed by atoms with Crippen molar-refractivity contribution in [2.75, 3.05) is 7.11 Å². The van der Waals surface area contributed by atoms with E-state index >= 15 is 0 Å². The van der Waals surface area contributed by atoms with E-state index in [0.717, 1.165) is 18.1 Å². The topological polar surface area (TPSA) is 26.3 Å². The number of allylic oxidation sites excluding steroid dienone is 1. The van der Waals surface area contributed by atoms with Gasteiger partial charge in [0.05, 0.1) is 12.7 Å². The van der Waals surface area contributed by atoms with Crippen LogP contribution in [0.5, 0.6) is 0 Å². The molecule has 0 spiro atoms. The van der Waals surface area contributed by atoms with Crippen molar-refractivity contribution in [3.8, 4) is 0 Å². The molecule has 1 aliphatic rings. The number of aryl methyl sites for hydroxylation is 1. The molecule has 0 saturated carbocycles. The normalized spacial score (nSPS) is 13.3. The van der Waals surface area contributed by atoms with Crippen LogP contribution in [0.2, 0.25) is 0 Å². The lowest BCUT2D eigenvalue weighted by atomic mass is 9.85. The number of fused-ring (bicyclic) bond motifs is 1. The number of hydrogen-bond acceptors (Lipinski definition) is 2. The first-order valence-electron chi connectivity index (χ1n) is 7.08. The molecule has 2 nitrogen and oxygen atoms in total. The van der Waals surface area contributed by atoms with Crippen molar-refractivity contribution >= 4 is 11.5 Å². The van der Waals surface area contributed by atoms with E-state index in [0.29, 0.717) is 23.1 Å². The Balaban J connectivity index is 2.15. The summed E-state index contributed by atoms with van der Waals surface area (Å²) < 4.78 is 45.5. The third-order valence-corrected chi connectivity index (χ3v) is 3.91. The molecule has 0 aliphatic heterocycles. The zero-order valence-corrected chi connectivity index (χ0v) is 12.3. The predicted octanol–water partition coefficient (Wildman–Crippen LogP) is 4.27. The van der Waals surface area contributed by atoms with E-state index in [4.69, 9.17) is 0 Å². The van der Waals surface area contributed by atoms with E-state index in [9.17, 15) is 18.0 Å². The average Bonchev–Trinajstić information content (AvgIpc) is 2.58. The Labute approximate surface area is 131 Å². The molecule has 1 aliphatic carbocycles. The van der Waals surface area contributed by atoms with Crippen LogP contribution in [0.1, 0.15) is 33.5 Å². The van der Waals surface area contributed by atoms with Crippen molar-refractivity contribution in [1.82, 2.24) is 0 Å². The highest BCUT2D eigenvalue weighted by Gasteiger charge is 2.22. The van der Waals surface area contributed by atoms with Crippen LogP contribution in [0.3, 0.4) is 0 Å². The van der Waals surface area contributed by atoms with Gasteiger partial charge in [-0.05, 0) is 53.8 Å². The van der Waals surface area contributed by atoms with Gasteiger partial charge in [0.15, 0.2) is 17.5 Å². The number of hydrogen-bond donors (Lipinski definition) is 0. The molecule has 3 rings (SSSR count). The van der Waals surface area contributed by atoms with Crippen molar-refractivity contribution in [3.63, 3.8) is 0 Å². The molecule has 0 amide bonds. The van der Waals surface area contributed by atoms with Gasteiger partial charge in [-0.25, -0.2) is 18.0 Å². The van der Waals surface area contributed by atoms with Gasteiger partial charge >= 0.3 is 5.97 Å². The summed E-state index contributed by atoms with van der Waals surface area (Å²) in [4.78, 5) is 11.7.